The van der Waals surface area contributed by atoms with Gasteiger partial charge in [0.15, 0.2) is 0 Å². The Morgan fingerprint density at radius 1 is 1.43 bits per heavy atom. The van der Waals surface area contributed by atoms with Gasteiger partial charge in [0.2, 0.25) is 0 Å². The van der Waals surface area contributed by atoms with Gasteiger partial charge in [-0.25, -0.2) is 0 Å². The molecule has 0 bridgehead atoms. The van der Waals surface area contributed by atoms with Gasteiger partial charge in [0.1, 0.15) is 5.84 Å². The summed E-state index contributed by atoms with van der Waals surface area (Å²) in [5.41, 5.74) is 1.18. The van der Waals surface area contributed by atoms with E-state index in [1.165, 1.54) is 5.56 Å². The molecule has 0 amide bonds. The van der Waals surface area contributed by atoms with E-state index in [2.05, 4.69) is 31.9 Å². The van der Waals surface area contributed by atoms with Crippen LogP contribution < -0.4 is 10.6 Å². The van der Waals surface area contributed by atoms with E-state index in [9.17, 15) is 0 Å². The summed E-state index contributed by atoms with van der Waals surface area (Å²) in [5, 5.41) is 13.3. The topological polar surface area (TPSA) is 65.1 Å². The van der Waals surface area contributed by atoms with Crippen molar-refractivity contribution in [3.8, 4) is 0 Å². The largest absolute Gasteiger partial charge is 0.350 e. The minimum Gasteiger partial charge on any atom is -0.350 e. The van der Waals surface area contributed by atoms with Crippen LogP contribution in [-0.4, -0.2) is 22.7 Å². The Bertz CT molecular complexity index is 378. The van der Waals surface area contributed by atoms with E-state index in [1.54, 1.807) is 0 Å². The van der Waals surface area contributed by atoms with Crippen LogP contribution in [0.25, 0.3) is 0 Å². The van der Waals surface area contributed by atoms with Gasteiger partial charge >= 0.3 is 0 Å². The van der Waals surface area contributed by atoms with E-state index in [0.29, 0.717) is 12.6 Å². The number of aromatic nitrogens is 2. The van der Waals surface area contributed by atoms with E-state index in [1.807, 2.05) is 18.6 Å². The molecular weight excluding hydrogens is 178 g/mol. The first-order valence-electron chi connectivity index (χ1n) is 4.65. The summed E-state index contributed by atoms with van der Waals surface area (Å²) in [5.74, 6) is 1.37. The minimum atomic E-state index is 0.285. The zero-order chi connectivity index (χ0) is 9.38. The quantitative estimate of drug-likeness (QED) is 0.589. The minimum absolute atomic E-state index is 0.285. The SMILES string of the molecule is C1=CC2C(=NCNC2c2cn[nH]c2)N1. The van der Waals surface area contributed by atoms with Crippen molar-refractivity contribution in [1.82, 2.24) is 20.8 Å². The van der Waals surface area contributed by atoms with E-state index in [0.717, 1.165) is 5.84 Å². The maximum absolute atomic E-state index is 4.35. The number of rotatable bonds is 1. The summed E-state index contributed by atoms with van der Waals surface area (Å²) < 4.78 is 0. The number of H-pyrrole nitrogens is 1. The lowest BCUT2D eigenvalue weighted by molar-refractivity contribution is 0.476. The van der Waals surface area contributed by atoms with Crippen LogP contribution in [0.15, 0.2) is 29.7 Å². The molecule has 72 valence electrons. The molecule has 2 atom stereocenters. The molecule has 1 aromatic rings. The third-order valence-electron chi connectivity index (χ3n) is 2.65. The molecule has 2 unspecified atom stereocenters. The number of amidine groups is 1. The van der Waals surface area contributed by atoms with Crippen molar-refractivity contribution in [1.29, 1.82) is 0 Å². The van der Waals surface area contributed by atoms with Crippen molar-refractivity contribution in [2.45, 2.75) is 6.04 Å². The van der Waals surface area contributed by atoms with Crippen LogP contribution in [0.2, 0.25) is 0 Å². The van der Waals surface area contributed by atoms with E-state index < -0.39 is 0 Å². The molecule has 0 radical (unpaired) electrons. The zero-order valence-corrected chi connectivity index (χ0v) is 7.57. The van der Waals surface area contributed by atoms with Crippen LogP contribution in [-0.2, 0) is 0 Å². The Morgan fingerprint density at radius 2 is 2.43 bits per heavy atom. The Labute approximate surface area is 81.3 Å². The van der Waals surface area contributed by atoms with Crippen LogP contribution in [0, 0.1) is 5.92 Å². The molecule has 0 saturated carbocycles. The summed E-state index contributed by atoms with van der Waals surface area (Å²) in [4.78, 5) is 4.35. The second-order valence-electron chi connectivity index (χ2n) is 3.44. The molecule has 14 heavy (non-hydrogen) atoms. The van der Waals surface area contributed by atoms with Gasteiger partial charge in [-0.2, -0.15) is 5.10 Å². The lowest BCUT2D eigenvalue weighted by Gasteiger charge is -2.26. The Balaban J connectivity index is 1.94. The highest BCUT2D eigenvalue weighted by molar-refractivity contribution is 5.90. The van der Waals surface area contributed by atoms with Gasteiger partial charge in [-0.1, -0.05) is 6.08 Å². The fourth-order valence-corrected chi connectivity index (χ4v) is 1.96. The molecule has 3 rings (SSSR count). The molecule has 2 aliphatic rings. The van der Waals surface area contributed by atoms with Gasteiger partial charge in [-0.3, -0.25) is 15.4 Å². The summed E-state index contributed by atoms with van der Waals surface area (Å²) in [6.45, 7) is 0.663. The maximum atomic E-state index is 4.35. The highest BCUT2D eigenvalue weighted by Crippen LogP contribution is 2.27. The normalized spacial score (nSPS) is 29.6. The van der Waals surface area contributed by atoms with Crippen molar-refractivity contribution in [3.63, 3.8) is 0 Å². The van der Waals surface area contributed by atoms with Gasteiger partial charge in [0.25, 0.3) is 0 Å². The maximum Gasteiger partial charge on any atom is 0.111 e. The standard InChI is InChI=1S/C9H11N5/c1-2-10-9-7(1)8(11-5-12-9)6-3-13-14-4-6/h1-4,7-8,11H,5H2,(H,10,12)(H,13,14). The molecule has 0 aromatic carbocycles. The number of aromatic amines is 1. The average Bonchev–Trinajstić information content (AvgIpc) is 2.88. The molecule has 0 aliphatic carbocycles. The average molecular weight is 189 g/mol. The molecule has 3 heterocycles. The lowest BCUT2D eigenvalue weighted by Crippen LogP contribution is -2.38. The van der Waals surface area contributed by atoms with Crippen LogP contribution in [0.3, 0.4) is 0 Å². The van der Waals surface area contributed by atoms with Gasteiger partial charge in [0.05, 0.1) is 24.8 Å². The third-order valence-corrected chi connectivity index (χ3v) is 2.65. The van der Waals surface area contributed by atoms with E-state index in [-0.39, 0.29) is 6.04 Å². The van der Waals surface area contributed by atoms with Crippen molar-refractivity contribution in [2.75, 3.05) is 6.67 Å². The number of nitrogens with one attached hydrogen (secondary N) is 3. The summed E-state index contributed by atoms with van der Waals surface area (Å²) in [7, 11) is 0. The van der Waals surface area contributed by atoms with Crippen molar-refractivity contribution < 1.29 is 0 Å². The summed E-state index contributed by atoms with van der Waals surface area (Å²) in [6.07, 6.45) is 7.85. The predicted octanol–water partition coefficient (Wildman–Crippen LogP) is 0.143. The molecule has 2 aliphatic heterocycles. The summed E-state index contributed by atoms with van der Waals surface area (Å²) in [6, 6.07) is 0.285. The zero-order valence-electron chi connectivity index (χ0n) is 7.57. The molecule has 5 heteroatoms. The Hall–Kier alpha value is -1.62. The second kappa shape index (κ2) is 2.95. The van der Waals surface area contributed by atoms with E-state index in [4.69, 9.17) is 0 Å². The monoisotopic (exact) mass is 189 g/mol. The predicted molar refractivity (Wildman–Crippen MR) is 52.5 cm³/mol. The van der Waals surface area contributed by atoms with Crippen molar-refractivity contribution in [2.24, 2.45) is 10.9 Å². The molecule has 0 fully saturated rings. The van der Waals surface area contributed by atoms with Crippen molar-refractivity contribution in [3.05, 3.63) is 30.2 Å². The highest BCUT2D eigenvalue weighted by Gasteiger charge is 2.30. The number of hydrogen-bond donors (Lipinski definition) is 3. The molecule has 0 spiro atoms. The number of aliphatic imine (C=N–C) groups is 1. The van der Waals surface area contributed by atoms with Gasteiger partial charge in [-0.15, -0.1) is 0 Å². The second-order valence-corrected chi connectivity index (χ2v) is 3.44. The molecular formula is C9H11N5. The number of hydrogen-bond acceptors (Lipinski definition) is 4. The first-order valence-corrected chi connectivity index (χ1v) is 4.65. The van der Waals surface area contributed by atoms with Gasteiger partial charge < -0.3 is 5.32 Å². The molecule has 1 aromatic heterocycles. The molecule has 5 nitrogen and oxygen atoms in total. The first-order chi connectivity index (χ1) is 6.95. The van der Waals surface area contributed by atoms with E-state index >= 15 is 0 Å². The van der Waals surface area contributed by atoms with Crippen LogP contribution >= 0.6 is 0 Å². The Morgan fingerprint density at radius 3 is 3.29 bits per heavy atom. The fourth-order valence-electron chi connectivity index (χ4n) is 1.96. The molecule has 0 saturated heterocycles. The molecule has 3 N–H and O–H groups in total. The first kappa shape index (κ1) is 7.75. The summed E-state index contributed by atoms with van der Waals surface area (Å²) >= 11 is 0. The number of fused-ring (bicyclic) bond motifs is 1. The van der Waals surface area contributed by atoms with Crippen molar-refractivity contribution >= 4 is 5.84 Å². The number of nitrogens with zero attached hydrogens (tertiary/aromatic N) is 2. The van der Waals surface area contributed by atoms with Crippen LogP contribution in [0.1, 0.15) is 11.6 Å². The van der Waals surface area contributed by atoms with Crippen LogP contribution in [0.5, 0.6) is 0 Å². The van der Waals surface area contributed by atoms with Crippen LogP contribution in [0.4, 0.5) is 0 Å². The fraction of sp³-hybridized carbons (Fsp3) is 0.333. The van der Waals surface area contributed by atoms with Gasteiger partial charge in [0, 0.05) is 11.8 Å². The third kappa shape index (κ3) is 1.06. The van der Waals surface area contributed by atoms with Gasteiger partial charge in [-0.05, 0) is 6.20 Å². The smallest absolute Gasteiger partial charge is 0.111 e. The Kier molecular flexibility index (Phi) is 1.63. The highest BCUT2D eigenvalue weighted by atomic mass is 15.2. The lowest BCUT2D eigenvalue weighted by atomic mass is 9.94.